The van der Waals surface area contributed by atoms with Gasteiger partial charge in [-0.2, -0.15) is 0 Å². The van der Waals surface area contributed by atoms with Gasteiger partial charge in [-0.3, -0.25) is 0 Å². The molecule has 3 nitrogen and oxygen atoms in total. The first-order valence-electron chi connectivity index (χ1n) is 4.67. The van der Waals surface area contributed by atoms with Crippen molar-refractivity contribution in [1.29, 1.82) is 0 Å². The summed E-state index contributed by atoms with van der Waals surface area (Å²) in [5, 5.41) is 0. The molecule has 0 unspecified atom stereocenters. The Morgan fingerprint density at radius 2 is 2.07 bits per heavy atom. The number of sulfonamides is 1. The van der Waals surface area contributed by atoms with Gasteiger partial charge in [0.2, 0.25) is 10.0 Å². The minimum atomic E-state index is -3.18. The highest BCUT2D eigenvalue weighted by Gasteiger charge is 2.06. The molecule has 0 radical (unpaired) electrons. The number of halogens is 1. The summed E-state index contributed by atoms with van der Waals surface area (Å²) in [6.07, 6.45) is 0. The zero-order valence-corrected chi connectivity index (χ0v) is 9.57. The van der Waals surface area contributed by atoms with E-state index < -0.39 is 10.0 Å². The molecule has 0 aliphatic rings. The normalized spacial score (nSPS) is 11.7. The highest BCUT2D eigenvalue weighted by atomic mass is 32.2. The van der Waals surface area contributed by atoms with Gasteiger partial charge >= 0.3 is 0 Å². The van der Waals surface area contributed by atoms with Crippen molar-refractivity contribution in [3.05, 3.63) is 35.1 Å². The molecule has 0 fully saturated rings. The first-order valence-corrected chi connectivity index (χ1v) is 6.32. The predicted octanol–water partition coefficient (Wildman–Crippen LogP) is 1.57. The van der Waals surface area contributed by atoms with Crippen LogP contribution in [-0.2, 0) is 16.6 Å². The summed E-state index contributed by atoms with van der Waals surface area (Å²) < 4.78 is 37.6. The number of nitrogens with one attached hydrogen (secondary N) is 1. The van der Waals surface area contributed by atoms with E-state index in [2.05, 4.69) is 4.72 Å². The van der Waals surface area contributed by atoms with Gasteiger partial charge in [0.05, 0.1) is 5.75 Å². The van der Waals surface area contributed by atoms with Gasteiger partial charge in [-0.25, -0.2) is 17.5 Å². The van der Waals surface area contributed by atoms with Crippen molar-refractivity contribution in [2.45, 2.75) is 20.4 Å². The van der Waals surface area contributed by atoms with Crippen LogP contribution in [0.5, 0.6) is 0 Å². The number of aryl methyl sites for hydroxylation is 1. The molecule has 0 bridgehead atoms. The largest absolute Gasteiger partial charge is 0.212 e. The van der Waals surface area contributed by atoms with Gasteiger partial charge in [0.15, 0.2) is 0 Å². The SMILES string of the molecule is CCS(=O)(=O)NCc1ccc(F)c(C)c1. The van der Waals surface area contributed by atoms with Crippen LogP contribution in [0.4, 0.5) is 4.39 Å². The molecule has 1 N–H and O–H groups in total. The molecule has 1 aromatic carbocycles. The average molecular weight is 231 g/mol. The van der Waals surface area contributed by atoms with Gasteiger partial charge in [-0.05, 0) is 31.0 Å². The smallest absolute Gasteiger partial charge is 0.211 e. The predicted molar refractivity (Wildman–Crippen MR) is 57.4 cm³/mol. The van der Waals surface area contributed by atoms with Crippen LogP contribution in [0.3, 0.4) is 0 Å². The molecule has 5 heteroatoms. The lowest BCUT2D eigenvalue weighted by Crippen LogP contribution is -2.24. The quantitative estimate of drug-likeness (QED) is 0.855. The maximum absolute atomic E-state index is 12.9. The third kappa shape index (κ3) is 3.60. The molecule has 84 valence electrons. The van der Waals surface area contributed by atoms with E-state index in [-0.39, 0.29) is 18.1 Å². The van der Waals surface area contributed by atoms with Gasteiger partial charge in [0, 0.05) is 6.54 Å². The fraction of sp³-hybridized carbons (Fsp3) is 0.400. The summed E-state index contributed by atoms with van der Waals surface area (Å²) in [6.45, 7) is 3.42. The second-order valence-electron chi connectivity index (χ2n) is 3.31. The van der Waals surface area contributed by atoms with Crippen LogP contribution in [0.25, 0.3) is 0 Å². The fourth-order valence-electron chi connectivity index (χ4n) is 1.11. The molecule has 1 aromatic rings. The average Bonchev–Trinajstić information content (AvgIpc) is 2.20. The van der Waals surface area contributed by atoms with Crippen LogP contribution >= 0.6 is 0 Å². The lowest BCUT2D eigenvalue weighted by Gasteiger charge is -2.05. The minimum absolute atomic E-state index is 0.0488. The highest BCUT2D eigenvalue weighted by Crippen LogP contribution is 2.09. The van der Waals surface area contributed by atoms with Crippen LogP contribution in [0, 0.1) is 12.7 Å². The van der Waals surface area contributed by atoms with Crippen LogP contribution in [0.1, 0.15) is 18.1 Å². The van der Waals surface area contributed by atoms with Gasteiger partial charge < -0.3 is 0 Å². The van der Waals surface area contributed by atoms with Crippen LogP contribution in [-0.4, -0.2) is 14.2 Å². The highest BCUT2D eigenvalue weighted by molar-refractivity contribution is 7.89. The molecule has 0 aliphatic carbocycles. The maximum Gasteiger partial charge on any atom is 0.211 e. The molecule has 0 amide bonds. The van der Waals surface area contributed by atoms with Crippen molar-refractivity contribution in [3.8, 4) is 0 Å². The zero-order chi connectivity index (χ0) is 11.5. The fourth-order valence-corrected chi connectivity index (χ4v) is 1.70. The monoisotopic (exact) mass is 231 g/mol. The molecule has 0 saturated heterocycles. The van der Waals surface area contributed by atoms with Gasteiger partial charge in [-0.15, -0.1) is 0 Å². The number of hydrogen-bond acceptors (Lipinski definition) is 2. The van der Waals surface area contributed by atoms with E-state index in [1.165, 1.54) is 6.07 Å². The molecule has 15 heavy (non-hydrogen) atoms. The van der Waals surface area contributed by atoms with Crippen LogP contribution in [0.2, 0.25) is 0 Å². The Balaban J connectivity index is 2.71. The van der Waals surface area contributed by atoms with Crippen molar-refractivity contribution < 1.29 is 12.8 Å². The Morgan fingerprint density at radius 1 is 1.40 bits per heavy atom. The Kier molecular flexibility index (Phi) is 3.82. The molecule has 0 spiro atoms. The van der Waals surface area contributed by atoms with E-state index in [0.717, 1.165) is 5.56 Å². The summed E-state index contributed by atoms with van der Waals surface area (Å²) >= 11 is 0. The second-order valence-corrected chi connectivity index (χ2v) is 5.40. The summed E-state index contributed by atoms with van der Waals surface area (Å²) in [4.78, 5) is 0. The molecule has 0 heterocycles. The van der Waals surface area contributed by atoms with Crippen molar-refractivity contribution in [2.75, 3.05) is 5.75 Å². The third-order valence-corrected chi connectivity index (χ3v) is 3.44. The maximum atomic E-state index is 12.9. The molecule has 0 aliphatic heterocycles. The van der Waals surface area contributed by atoms with Gasteiger partial charge in [0.25, 0.3) is 0 Å². The molecule has 0 atom stereocenters. The summed E-state index contributed by atoms with van der Waals surface area (Å²) in [5.41, 5.74) is 1.27. The van der Waals surface area contributed by atoms with Gasteiger partial charge in [-0.1, -0.05) is 12.1 Å². The number of rotatable bonds is 4. The van der Waals surface area contributed by atoms with Crippen molar-refractivity contribution in [3.63, 3.8) is 0 Å². The first kappa shape index (κ1) is 12.1. The van der Waals surface area contributed by atoms with E-state index in [0.29, 0.717) is 5.56 Å². The van der Waals surface area contributed by atoms with E-state index in [1.807, 2.05) is 0 Å². The van der Waals surface area contributed by atoms with E-state index in [1.54, 1.807) is 26.0 Å². The van der Waals surface area contributed by atoms with Gasteiger partial charge in [0.1, 0.15) is 5.82 Å². The van der Waals surface area contributed by atoms with Crippen LogP contribution < -0.4 is 4.72 Å². The Morgan fingerprint density at radius 3 is 2.60 bits per heavy atom. The minimum Gasteiger partial charge on any atom is -0.212 e. The van der Waals surface area contributed by atoms with E-state index in [9.17, 15) is 12.8 Å². The Labute approximate surface area is 89.4 Å². The second kappa shape index (κ2) is 4.72. The Bertz CT molecular complexity index is 443. The first-order chi connectivity index (χ1) is 6.94. The molecule has 0 aromatic heterocycles. The summed E-state index contributed by atoms with van der Waals surface area (Å²) in [7, 11) is -3.18. The van der Waals surface area contributed by atoms with Crippen molar-refractivity contribution in [2.24, 2.45) is 0 Å². The number of benzene rings is 1. The lowest BCUT2D eigenvalue weighted by atomic mass is 10.1. The van der Waals surface area contributed by atoms with Crippen LogP contribution in [0.15, 0.2) is 18.2 Å². The van der Waals surface area contributed by atoms with Crippen molar-refractivity contribution in [1.82, 2.24) is 4.72 Å². The van der Waals surface area contributed by atoms with Crippen molar-refractivity contribution >= 4 is 10.0 Å². The summed E-state index contributed by atoms with van der Waals surface area (Å²) in [6, 6.07) is 4.54. The molecule has 1 rings (SSSR count). The van der Waals surface area contributed by atoms with E-state index >= 15 is 0 Å². The zero-order valence-electron chi connectivity index (χ0n) is 8.75. The number of hydrogen-bond donors (Lipinski definition) is 1. The summed E-state index contributed by atoms with van der Waals surface area (Å²) in [5.74, 6) is -0.232. The standard InChI is InChI=1S/C10H14FNO2S/c1-3-15(13,14)12-7-9-4-5-10(11)8(2)6-9/h4-6,12H,3,7H2,1-2H3. The molecular formula is C10H14FNO2S. The topological polar surface area (TPSA) is 46.2 Å². The Hall–Kier alpha value is -0.940. The lowest BCUT2D eigenvalue weighted by molar-refractivity contribution is 0.582. The third-order valence-electron chi connectivity index (χ3n) is 2.10. The molecular weight excluding hydrogens is 217 g/mol. The van der Waals surface area contributed by atoms with E-state index in [4.69, 9.17) is 0 Å². The molecule has 0 saturated carbocycles.